The summed E-state index contributed by atoms with van der Waals surface area (Å²) in [5.74, 6) is -1.58. The quantitative estimate of drug-likeness (QED) is 0.0146. The highest BCUT2D eigenvalue weighted by Gasteiger charge is 2.29. The molecule has 0 rings (SSSR count). The molecule has 0 aliphatic rings. The van der Waals surface area contributed by atoms with E-state index in [4.69, 9.17) is 32.3 Å². The van der Waals surface area contributed by atoms with E-state index in [1.54, 1.807) is 0 Å². The summed E-state index contributed by atoms with van der Waals surface area (Å²) >= 11 is 0. The van der Waals surface area contributed by atoms with Crippen LogP contribution in [0, 0.1) is 0 Å². The zero-order valence-electron chi connectivity index (χ0n) is 48.1. The van der Waals surface area contributed by atoms with Gasteiger partial charge < -0.3 is 34.2 Å². The Morgan fingerprint density at radius 2 is 0.701 bits per heavy atom. The fourth-order valence-electron chi connectivity index (χ4n) is 7.92. The van der Waals surface area contributed by atoms with Crippen molar-refractivity contribution < 1.29 is 75.8 Å². The van der Waals surface area contributed by atoms with Crippen molar-refractivity contribution in [2.75, 3.05) is 39.6 Å². The average Bonchev–Trinajstić information content (AvgIpc) is 3.40. The van der Waals surface area contributed by atoms with Crippen molar-refractivity contribution in [1.29, 1.82) is 0 Å². The summed E-state index contributed by atoms with van der Waals surface area (Å²) in [5, 5.41) is 20.4. The first-order valence-corrected chi connectivity index (χ1v) is 32.9. The number of hydrogen-bond acceptors (Lipinski definition) is 14. The monoisotopic (exact) mass is 1130 g/mol. The van der Waals surface area contributed by atoms with Gasteiger partial charge >= 0.3 is 33.6 Å². The van der Waals surface area contributed by atoms with Gasteiger partial charge in [0.1, 0.15) is 25.4 Å². The minimum atomic E-state index is -4.91. The molecule has 450 valence electrons. The first kappa shape index (κ1) is 74.5. The van der Waals surface area contributed by atoms with Crippen molar-refractivity contribution in [3.8, 4) is 0 Å². The maximum Gasteiger partial charge on any atom is 0.472 e. The van der Waals surface area contributed by atoms with E-state index in [1.165, 1.54) is 70.6 Å². The van der Waals surface area contributed by atoms with Crippen molar-refractivity contribution in [3.63, 3.8) is 0 Å². The third-order valence-corrected chi connectivity index (χ3v) is 14.4. The predicted octanol–water partition coefficient (Wildman–Crippen LogP) is 15.3. The van der Waals surface area contributed by atoms with Gasteiger partial charge in [-0.1, -0.05) is 211 Å². The number of phosphoric ester groups is 2. The Morgan fingerprint density at radius 3 is 1.14 bits per heavy atom. The summed E-state index contributed by atoms with van der Waals surface area (Å²) in [4.78, 5) is 58.0. The molecule has 0 aliphatic heterocycles. The average molecular weight is 1140 g/mol. The fraction of sp³-hybridized carbons (Fsp3) is 0.814. The molecule has 77 heavy (non-hydrogen) atoms. The number of aliphatic hydroxyl groups is 2. The zero-order chi connectivity index (χ0) is 56.8. The SMILES string of the molecule is CC/C=C\C/C=C\C/C=C\CCCCCCCCCC(=O)OCC(O)COP(=O)(O)OCC(O)COP(=O)(O)OCC(COC(=O)CCCCCCCCCCCCCCC)OC(=O)CCCCCCC/C=C\CCCC. The number of unbranched alkanes of at least 4 members (excludes halogenated alkanes) is 26. The minimum absolute atomic E-state index is 0.0986. The van der Waals surface area contributed by atoms with E-state index in [1.807, 2.05) is 0 Å². The molecular weight excluding hydrogens is 1030 g/mol. The number of aliphatic hydroxyl groups excluding tert-OH is 2. The summed E-state index contributed by atoms with van der Waals surface area (Å²) < 4.78 is 60.5. The molecule has 0 fully saturated rings. The molecule has 0 aromatic carbocycles. The Morgan fingerprint density at radius 1 is 0.377 bits per heavy atom. The maximum absolute atomic E-state index is 12.8. The summed E-state index contributed by atoms with van der Waals surface area (Å²) in [5.41, 5.74) is 0. The van der Waals surface area contributed by atoms with Gasteiger partial charge in [0.15, 0.2) is 6.10 Å². The maximum atomic E-state index is 12.8. The Hall–Kier alpha value is -2.49. The van der Waals surface area contributed by atoms with Gasteiger partial charge in [0.25, 0.3) is 0 Å². The van der Waals surface area contributed by atoms with E-state index in [0.29, 0.717) is 19.3 Å². The Labute approximate surface area is 466 Å². The van der Waals surface area contributed by atoms with E-state index in [-0.39, 0.29) is 19.3 Å². The number of phosphoric acid groups is 2. The molecule has 0 radical (unpaired) electrons. The van der Waals surface area contributed by atoms with Crippen LogP contribution in [-0.2, 0) is 55.8 Å². The zero-order valence-corrected chi connectivity index (χ0v) is 49.9. The second-order valence-electron chi connectivity index (χ2n) is 20.1. The molecule has 0 aromatic heterocycles. The van der Waals surface area contributed by atoms with E-state index in [9.17, 15) is 43.5 Å². The van der Waals surface area contributed by atoms with Gasteiger partial charge in [0, 0.05) is 19.3 Å². The summed E-state index contributed by atoms with van der Waals surface area (Å²) in [6.07, 6.45) is 49.0. The molecule has 16 nitrogen and oxygen atoms in total. The third kappa shape index (κ3) is 55.2. The smallest absolute Gasteiger partial charge is 0.463 e. The number of hydrogen-bond donors (Lipinski definition) is 4. The van der Waals surface area contributed by atoms with Crippen LogP contribution in [0.25, 0.3) is 0 Å². The summed E-state index contributed by atoms with van der Waals surface area (Å²) in [6, 6.07) is 0. The van der Waals surface area contributed by atoms with E-state index >= 15 is 0 Å². The largest absolute Gasteiger partial charge is 0.472 e. The van der Waals surface area contributed by atoms with Gasteiger partial charge in [-0.15, -0.1) is 0 Å². The molecule has 5 unspecified atom stereocenters. The van der Waals surface area contributed by atoms with Gasteiger partial charge in [-0.2, -0.15) is 0 Å². The van der Waals surface area contributed by atoms with Gasteiger partial charge in [-0.3, -0.25) is 32.5 Å². The van der Waals surface area contributed by atoms with Crippen LogP contribution < -0.4 is 0 Å². The second-order valence-corrected chi connectivity index (χ2v) is 23.0. The van der Waals surface area contributed by atoms with E-state index < -0.39 is 91.5 Å². The van der Waals surface area contributed by atoms with Crippen LogP contribution >= 0.6 is 15.6 Å². The minimum Gasteiger partial charge on any atom is -0.463 e. The second kappa shape index (κ2) is 54.1. The molecule has 0 bridgehead atoms. The Kier molecular flexibility index (Phi) is 52.4. The summed E-state index contributed by atoms with van der Waals surface area (Å²) in [6.45, 7) is 2.49. The molecule has 0 spiro atoms. The first-order valence-electron chi connectivity index (χ1n) is 29.9. The van der Waals surface area contributed by atoms with Gasteiger partial charge in [-0.05, 0) is 70.6 Å². The number of esters is 3. The number of carbonyl (C=O) groups excluding carboxylic acids is 3. The lowest BCUT2D eigenvalue weighted by Crippen LogP contribution is -2.30. The van der Waals surface area contributed by atoms with Crippen molar-refractivity contribution in [2.45, 2.75) is 270 Å². The van der Waals surface area contributed by atoms with Crippen LogP contribution in [0.5, 0.6) is 0 Å². The molecule has 5 atom stereocenters. The predicted molar refractivity (Wildman–Crippen MR) is 307 cm³/mol. The van der Waals surface area contributed by atoms with Crippen molar-refractivity contribution >= 4 is 33.6 Å². The normalized spacial score (nSPS) is 14.8. The number of carbonyl (C=O) groups is 3. The van der Waals surface area contributed by atoms with Gasteiger partial charge in [0.2, 0.25) is 0 Å². The van der Waals surface area contributed by atoms with E-state index in [0.717, 1.165) is 122 Å². The van der Waals surface area contributed by atoms with Crippen molar-refractivity contribution in [1.82, 2.24) is 0 Å². The van der Waals surface area contributed by atoms with Crippen LogP contribution in [0.15, 0.2) is 48.6 Å². The highest BCUT2D eigenvalue weighted by Crippen LogP contribution is 2.45. The third-order valence-electron chi connectivity index (χ3n) is 12.5. The molecule has 18 heteroatoms. The lowest BCUT2D eigenvalue weighted by atomic mass is 10.0. The molecule has 0 aliphatic carbocycles. The first-order chi connectivity index (χ1) is 37.2. The van der Waals surface area contributed by atoms with Crippen LogP contribution in [-0.4, -0.2) is 95.9 Å². The lowest BCUT2D eigenvalue weighted by molar-refractivity contribution is -0.161. The van der Waals surface area contributed by atoms with Crippen LogP contribution in [0.1, 0.15) is 252 Å². The number of ether oxygens (including phenoxy) is 3. The van der Waals surface area contributed by atoms with Crippen molar-refractivity contribution in [3.05, 3.63) is 48.6 Å². The van der Waals surface area contributed by atoms with E-state index in [2.05, 4.69) is 69.4 Å². The Bertz CT molecular complexity index is 1620. The molecular formula is C59H108O16P2. The van der Waals surface area contributed by atoms with Crippen molar-refractivity contribution in [2.24, 2.45) is 0 Å². The molecule has 4 N–H and O–H groups in total. The molecule has 0 saturated carbocycles. The molecule has 0 amide bonds. The number of rotatable bonds is 57. The molecule has 0 saturated heterocycles. The standard InChI is InChI=1S/C59H108O16P2/c1-4-7-10-13-16-19-22-24-25-26-27-29-32-33-36-39-42-45-57(62)69-48-54(60)49-71-76(65,66)72-50-55(61)51-73-77(67,68)74-53-56(75-59(64)47-44-41-38-35-30-21-18-15-12-9-6-3)52-70-58(63)46-43-40-37-34-31-28-23-20-17-14-11-8-5-2/h7,10,15-16,18-19,24-25,54-56,60-61H,4-6,8-9,11-14,17,20-23,26-53H2,1-3H3,(H,65,66)(H,67,68)/b10-7-,18-15-,19-16-,25-24-. The summed E-state index contributed by atoms with van der Waals surface area (Å²) in [7, 11) is -9.75. The van der Waals surface area contributed by atoms with Gasteiger partial charge in [-0.25, -0.2) is 9.13 Å². The highest BCUT2D eigenvalue weighted by molar-refractivity contribution is 7.47. The lowest BCUT2D eigenvalue weighted by Gasteiger charge is -2.21. The fourth-order valence-corrected chi connectivity index (χ4v) is 9.50. The van der Waals surface area contributed by atoms with Crippen LogP contribution in [0.3, 0.4) is 0 Å². The van der Waals surface area contributed by atoms with Crippen LogP contribution in [0.4, 0.5) is 0 Å². The van der Waals surface area contributed by atoms with Crippen LogP contribution in [0.2, 0.25) is 0 Å². The number of allylic oxidation sites excluding steroid dienone is 8. The van der Waals surface area contributed by atoms with Gasteiger partial charge in [0.05, 0.1) is 26.4 Å². The molecule has 0 heterocycles. The highest BCUT2D eigenvalue weighted by atomic mass is 31.2. The topological polar surface area (TPSA) is 231 Å². The Balaban J connectivity index is 4.61. The molecule has 0 aromatic rings.